The summed E-state index contributed by atoms with van der Waals surface area (Å²) in [4.78, 5) is 38.7. The van der Waals surface area contributed by atoms with Crippen LogP contribution in [0.1, 0.15) is 43.1 Å². The fourth-order valence-electron chi connectivity index (χ4n) is 5.08. The van der Waals surface area contributed by atoms with E-state index in [1.807, 2.05) is 57.2 Å². The van der Waals surface area contributed by atoms with Crippen molar-refractivity contribution in [2.45, 2.75) is 39.3 Å². The van der Waals surface area contributed by atoms with Crippen molar-refractivity contribution >= 4 is 29.0 Å². The zero-order chi connectivity index (χ0) is 32.6. The van der Waals surface area contributed by atoms with Crippen LogP contribution in [0.5, 0.6) is 0 Å². The molecule has 0 unspecified atom stereocenters. The molecule has 3 aromatic carbocycles. The van der Waals surface area contributed by atoms with Gasteiger partial charge in [-0.2, -0.15) is 0 Å². The lowest BCUT2D eigenvalue weighted by Gasteiger charge is -2.33. The van der Waals surface area contributed by atoms with Crippen LogP contribution in [0.4, 0.5) is 30.6 Å². The van der Waals surface area contributed by atoms with Gasteiger partial charge in [-0.25, -0.2) is 13.6 Å². The number of hydroxylamine groups is 1. The van der Waals surface area contributed by atoms with Crippen LogP contribution in [0.2, 0.25) is 0 Å². The third-order valence-electron chi connectivity index (χ3n) is 7.45. The van der Waals surface area contributed by atoms with E-state index in [4.69, 9.17) is 4.84 Å². The first-order valence-electron chi connectivity index (χ1n) is 15.2. The van der Waals surface area contributed by atoms with Crippen molar-refractivity contribution in [2.24, 2.45) is 0 Å². The summed E-state index contributed by atoms with van der Waals surface area (Å²) in [5.41, 5.74) is 2.38. The number of rotatable bonds is 11. The molecule has 0 radical (unpaired) electrons. The van der Waals surface area contributed by atoms with E-state index in [2.05, 4.69) is 27.5 Å². The molecule has 0 atom stereocenters. The van der Waals surface area contributed by atoms with Crippen LogP contribution in [-0.2, 0) is 11.4 Å². The molecule has 3 aromatic rings. The lowest BCUT2D eigenvalue weighted by molar-refractivity contribution is -0.0124. The van der Waals surface area contributed by atoms with Crippen molar-refractivity contribution in [3.8, 4) is 0 Å². The Balaban J connectivity index is 1.42. The molecule has 0 aliphatic carbocycles. The Kier molecular flexibility index (Phi) is 11.5. The highest BCUT2D eigenvalue weighted by atomic mass is 19.2. The van der Waals surface area contributed by atoms with Gasteiger partial charge in [0.2, 0.25) is 0 Å². The highest BCUT2D eigenvalue weighted by Gasteiger charge is 2.20. The van der Waals surface area contributed by atoms with Crippen molar-refractivity contribution in [1.29, 1.82) is 0 Å². The number of likely N-dealkylation sites (N-methyl/N-ethyl adjacent to an activating group) is 1. The molecule has 45 heavy (non-hydrogen) atoms. The van der Waals surface area contributed by atoms with Gasteiger partial charge in [0.15, 0.2) is 11.6 Å². The number of hydrogen-bond acceptors (Lipinski definition) is 6. The van der Waals surface area contributed by atoms with Crippen LogP contribution in [-0.4, -0.2) is 85.6 Å². The Hall–Kier alpha value is -4.06. The Morgan fingerprint density at radius 2 is 1.60 bits per heavy atom. The van der Waals surface area contributed by atoms with E-state index in [9.17, 15) is 18.4 Å². The molecule has 2 N–H and O–H groups in total. The van der Waals surface area contributed by atoms with E-state index in [1.165, 1.54) is 6.07 Å². The number of benzene rings is 3. The van der Waals surface area contributed by atoms with Crippen molar-refractivity contribution in [2.75, 3.05) is 69.1 Å². The minimum atomic E-state index is -1.03. The molecule has 242 valence electrons. The van der Waals surface area contributed by atoms with E-state index < -0.39 is 23.3 Å². The first kappa shape index (κ1) is 33.8. The van der Waals surface area contributed by atoms with Crippen LogP contribution in [0.15, 0.2) is 66.7 Å². The SMILES string of the molecule is CN1CCN(CCCN(Cc2ccc(C(=O)Nc3ccccc3N(C)OC(C)(C)C)cc2)C(=O)Nc2ccc(F)c(F)c2)CC1. The highest BCUT2D eigenvalue weighted by molar-refractivity contribution is 6.05. The van der Waals surface area contributed by atoms with Gasteiger partial charge in [0, 0.05) is 63.6 Å². The average Bonchev–Trinajstić information content (AvgIpc) is 2.99. The summed E-state index contributed by atoms with van der Waals surface area (Å²) in [7, 11) is 3.90. The number of para-hydroxylation sites is 2. The number of nitrogens with zero attached hydrogens (tertiary/aromatic N) is 4. The number of carbonyl (C=O) groups is 2. The van der Waals surface area contributed by atoms with Gasteiger partial charge in [0.05, 0.1) is 17.0 Å². The minimum Gasteiger partial charge on any atom is -0.320 e. The third-order valence-corrected chi connectivity index (χ3v) is 7.45. The summed E-state index contributed by atoms with van der Waals surface area (Å²) in [6.45, 7) is 11.4. The van der Waals surface area contributed by atoms with E-state index in [-0.39, 0.29) is 18.1 Å². The Morgan fingerprint density at radius 1 is 0.911 bits per heavy atom. The Morgan fingerprint density at radius 3 is 2.27 bits per heavy atom. The van der Waals surface area contributed by atoms with Crippen molar-refractivity contribution in [1.82, 2.24) is 14.7 Å². The maximum Gasteiger partial charge on any atom is 0.322 e. The molecule has 1 saturated heterocycles. The van der Waals surface area contributed by atoms with Crippen molar-refractivity contribution in [3.63, 3.8) is 0 Å². The lowest BCUT2D eigenvalue weighted by atomic mass is 10.1. The number of nitrogens with one attached hydrogen (secondary N) is 2. The van der Waals surface area contributed by atoms with Gasteiger partial charge in [-0.05, 0) is 82.7 Å². The zero-order valence-electron chi connectivity index (χ0n) is 26.8. The number of hydrogen-bond donors (Lipinski definition) is 2. The lowest BCUT2D eigenvalue weighted by Crippen LogP contribution is -2.45. The number of urea groups is 1. The minimum absolute atomic E-state index is 0.175. The maximum atomic E-state index is 13.8. The van der Waals surface area contributed by atoms with Crippen LogP contribution >= 0.6 is 0 Å². The van der Waals surface area contributed by atoms with E-state index in [1.54, 1.807) is 29.1 Å². The van der Waals surface area contributed by atoms with Crippen LogP contribution in [0, 0.1) is 11.6 Å². The van der Waals surface area contributed by atoms with Crippen molar-refractivity contribution in [3.05, 3.63) is 89.5 Å². The molecule has 0 saturated carbocycles. The van der Waals surface area contributed by atoms with Gasteiger partial charge in [-0.1, -0.05) is 24.3 Å². The standard InChI is InChI=1S/C34H44F2N6O3/c1-34(2,3)45-40(5)31-10-7-6-9-30(31)38-32(43)26-13-11-25(12-14-26)24-42(18-8-17-41-21-19-39(4)20-22-41)33(44)37-27-15-16-28(35)29(36)23-27/h6-7,9-16,23H,8,17-22,24H2,1-5H3,(H,37,44)(H,38,43). The molecule has 11 heteroatoms. The topological polar surface area (TPSA) is 80.4 Å². The van der Waals surface area contributed by atoms with Crippen LogP contribution in [0.3, 0.4) is 0 Å². The Bertz CT molecular complexity index is 1440. The molecule has 0 aromatic heterocycles. The fraction of sp³-hybridized carbons (Fsp3) is 0.412. The Labute approximate surface area is 264 Å². The normalized spacial score (nSPS) is 14.2. The van der Waals surface area contributed by atoms with Gasteiger partial charge in [-0.15, -0.1) is 0 Å². The molecule has 1 aliphatic rings. The van der Waals surface area contributed by atoms with E-state index >= 15 is 0 Å². The quantitative estimate of drug-likeness (QED) is 0.254. The fourth-order valence-corrected chi connectivity index (χ4v) is 5.08. The zero-order valence-corrected chi connectivity index (χ0v) is 26.8. The number of anilines is 3. The van der Waals surface area contributed by atoms with Gasteiger partial charge in [0.25, 0.3) is 5.91 Å². The number of amides is 3. The molecule has 0 bridgehead atoms. The summed E-state index contributed by atoms with van der Waals surface area (Å²) in [5, 5.41) is 7.30. The molecule has 0 spiro atoms. The summed E-state index contributed by atoms with van der Waals surface area (Å²) >= 11 is 0. The van der Waals surface area contributed by atoms with Crippen LogP contribution < -0.4 is 15.7 Å². The van der Waals surface area contributed by atoms with Crippen LogP contribution in [0.25, 0.3) is 0 Å². The summed E-state index contributed by atoms with van der Waals surface area (Å²) in [6.07, 6.45) is 0.752. The number of piperazine rings is 1. The first-order chi connectivity index (χ1) is 21.4. The predicted molar refractivity (Wildman–Crippen MR) is 174 cm³/mol. The number of carbonyl (C=O) groups excluding carboxylic acids is 2. The second-order valence-electron chi connectivity index (χ2n) is 12.3. The van der Waals surface area contributed by atoms with Gasteiger partial charge < -0.3 is 25.3 Å². The molecule has 1 aliphatic heterocycles. The summed E-state index contributed by atoms with van der Waals surface area (Å²) < 4.78 is 27.2. The van der Waals surface area contributed by atoms with Gasteiger partial charge >= 0.3 is 6.03 Å². The first-order valence-corrected chi connectivity index (χ1v) is 15.2. The molecular weight excluding hydrogens is 578 g/mol. The second-order valence-corrected chi connectivity index (χ2v) is 12.3. The third kappa shape index (κ3) is 10.2. The maximum absolute atomic E-state index is 13.8. The summed E-state index contributed by atoms with van der Waals surface area (Å²) in [5.74, 6) is -2.28. The predicted octanol–water partition coefficient (Wildman–Crippen LogP) is 6.06. The monoisotopic (exact) mass is 622 g/mol. The molecular formula is C34H44F2N6O3. The largest absolute Gasteiger partial charge is 0.322 e. The highest BCUT2D eigenvalue weighted by Crippen LogP contribution is 2.27. The smallest absolute Gasteiger partial charge is 0.320 e. The summed E-state index contributed by atoms with van der Waals surface area (Å²) in [6, 6.07) is 17.3. The van der Waals surface area contributed by atoms with Gasteiger partial charge in [0.1, 0.15) is 0 Å². The number of halogens is 2. The average molecular weight is 623 g/mol. The second kappa shape index (κ2) is 15.3. The van der Waals surface area contributed by atoms with E-state index in [0.717, 1.165) is 62.5 Å². The molecule has 1 fully saturated rings. The van der Waals surface area contributed by atoms with E-state index in [0.29, 0.717) is 17.8 Å². The molecule has 1 heterocycles. The van der Waals surface area contributed by atoms with Crippen molar-refractivity contribution < 1.29 is 23.2 Å². The molecule has 9 nitrogen and oxygen atoms in total. The molecule has 3 amide bonds. The molecule has 4 rings (SSSR count). The van der Waals surface area contributed by atoms with Gasteiger partial charge in [-0.3, -0.25) is 14.7 Å².